The first-order chi connectivity index (χ1) is 7.01. The van der Waals surface area contributed by atoms with E-state index in [1.54, 1.807) is 0 Å². The van der Waals surface area contributed by atoms with Crippen molar-refractivity contribution in [2.45, 2.75) is 45.6 Å². The Morgan fingerprint density at radius 3 is 2.53 bits per heavy atom. The number of hydrogen-bond acceptors (Lipinski definition) is 3. The molecule has 2 rings (SSSR count). The molecule has 3 nitrogen and oxygen atoms in total. The fourth-order valence-electron chi connectivity index (χ4n) is 3.48. The summed E-state index contributed by atoms with van der Waals surface area (Å²) in [6.07, 6.45) is 2.69. The lowest BCUT2D eigenvalue weighted by molar-refractivity contribution is 0.189. The van der Waals surface area contributed by atoms with Crippen molar-refractivity contribution in [3.8, 4) is 0 Å². The van der Waals surface area contributed by atoms with Crippen molar-refractivity contribution in [2.75, 3.05) is 0 Å². The van der Waals surface area contributed by atoms with Crippen LogP contribution in [0.5, 0.6) is 0 Å². The van der Waals surface area contributed by atoms with Gasteiger partial charge in [-0.15, -0.1) is 0 Å². The summed E-state index contributed by atoms with van der Waals surface area (Å²) >= 11 is 0. The molecule has 0 aliphatic heterocycles. The summed E-state index contributed by atoms with van der Waals surface area (Å²) in [4.78, 5) is 0. The van der Waals surface area contributed by atoms with Crippen LogP contribution in [-0.2, 0) is 11.8 Å². The second kappa shape index (κ2) is 3.34. The molecule has 1 atom stereocenters. The van der Waals surface area contributed by atoms with Gasteiger partial charge in [0.2, 0.25) is 0 Å². The molecule has 0 aromatic carbocycles. The minimum atomic E-state index is 0.0370. The topological polar surface area (TPSA) is 52.0 Å². The number of rotatable bonds is 2. The Morgan fingerprint density at radius 1 is 1.40 bits per heavy atom. The molecule has 0 bridgehead atoms. The van der Waals surface area contributed by atoms with Crippen LogP contribution in [0.1, 0.15) is 39.0 Å². The second-order valence-corrected chi connectivity index (χ2v) is 5.22. The summed E-state index contributed by atoms with van der Waals surface area (Å²) in [6, 6.07) is 0.161. The van der Waals surface area contributed by atoms with Gasteiger partial charge in [0.05, 0.1) is 6.20 Å². The number of hydrogen-bond donors (Lipinski definition) is 1. The molecular formula is C12H20N2O. The number of nitrogens with two attached hydrogens (primary N) is 1. The van der Waals surface area contributed by atoms with E-state index in [-0.39, 0.29) is 11.5 Å². The normalized spacial score (nSPS) is 23.8. The van der Waals surface area contributed by atoms with Gasteiger partial charge in [0.15, 0.2) is 0 Å². The van der Waals surface area contributed by atoms with Gasteiger partial charge >= 0.3 is 0 Å². The van der Waals surface area contributed by atoms with Crippen LogP contribution >= 0.6 is 0 Å². The quantitative estimate of drug-likeness (QED) is 0.809. The third-order valence-electron chi connectivity index (χ3n) is 4.04. The second-order valence-electron chi connectivity index (χ2n) is 5.22. The fraction of sp³-hybridized carbons (Fsp3) is 0.750. The Kier molecular flexibility index (Phi) is 2.38. The molecule has 0 amide bonds. The van der Waals surface area contributed by atoms with Crippen molar-refractivity contribution in [2.24, 2.45) is 17.6 Å². The molecule has 0 fully saturated rings. The molecule has 1 aliphatic carbocycles. The van der Waals surface area contributed by atoms with E-state index in [2.05, 4.69) is 32.9 Å². The summed E-state index contributed by atoms with van der Waals surface area (Å²) in [7, 11) is 0. The van der Waals surface area contributed by atoms with Crippen LogP contribution in [0.3, 0.4) is 0 Å². The lowest BCUT2D eigenvalue weighted by Crippen LogP contribution is -2.50. The zero-order valence-corrected chi connectivity index (χ0v) is 9.95. The van der Waals surface area contributed by atoms with E-state index in [9.17, 15) is 0 Å². The molecular weight excluding hydrogens is 188 g/mol. The van der Waals surface area contributed by atoms with Crippen LogP contribution < -0.4 is 5.73 Å². The predicted molar refractivity (Wildman–Crippen MR) is 59.5 cm³/mol. The van der Waals surface area contributed by atoms with Gasteiger partial charge in [-0.2, -0.15) is 0 Å². The summed E-state index contributed by atoms with van der Waals surface area (Å²) < 4.78 is 5.27. The lowest BCUT2D eigenvalue weighted by atomic mass is 9.64. The molecule has 1 heterocycles. The smallest absolute Gasteiger partial charge is 0.142 e. The van der Waals surface area contributed by atoms with E-state index in [0.29, 0.717) is 11.8 Å². The van der Waals surface area contributed by atoms with E-state index in [1.807, 2.05) is 6.20 Å². The zero-order chi connectivity index (χ0) is 11.2. The third kappa shape index (κ3) is 1.19. The van der Waals surface area contributed by atoms with Crippen molar-refractivity contribution in [3.05, 3.63) is 17.5 Å². The first kappa shape index (κ1) is 10.7. The number of fused-ring (bicyclic) bond motifs is 1. The van der Waals surface area contributed by atoms with Gasteiger partial charge in [-0.25, -0.2) is 0 Å². The first-order valence-corrected chi connectivity index (χ1v) is 5.70. The van der Waals surface area contributed by atoms with Crippen molar-refractivity contribution >= 4 is 0 Å². The Hall–Kier alpha value is -0.830. The SMILES string of the molecule is CC(C)C1(C(C)C)c2cnoc2C[C@H]1N. The van der Waals surface area contributed by atoms with Crippen LogP contribution in [0.2, 0.25) is 0 Å². The van der Waals surface area contributed by atoms with Gasteiger partial charge in [0.25, 0.3) is 0 Å². The lowest BCUT2D eigenvalue weighted by Gasteiger charge is -2.41. The Labute approximate surface area is 91.0 Å². The summed E-state index contributed by atoms with van der Waals surface area (Å²) in [5.41, 5.74) is 7.60. The standard InChI is InChI=1S/C12H20N2O/c1-7(2)12(8(3)4)9-6-14-15-10(9)5-11(12)13/h6-8,11H,5,13H2,1-4H3/t11-/m1/s1. The number of aromatic nitrogens is 1. The maximum absolute atomic E-state index is 6.32. The molecule has 84 valence electrons. The fourth-order valence-corrected chi connectivity index (χ4v) is 3.48. The average Bonchev–Trinajstić information content (AvgIpc) is 2.60. The van der Waals surface area contributed by atoms with Gasteiger partial charge < -0.3 is 10.3 Å². The van der Waals surface area contributed by atoms with Crippen LogP contribution in [0.4, 0.5) is 0 Å². The summed E-state index contributed by atoms with van der Waals surface area (Å²) in [5.74, 6) is 2.01. The molecule has 2 N–H and O–H groups in total. The highest BCUT2D eigenvalue weighted by molar-refractivity contribution is 5.36. The van der Waals surface area contributed by atoms with Crippen LogP contribution in [0.15, 0.2) is 10.7 Å². The molecule has 0 unspecified atom stereocenters. The number of nitrogens with zero attached hydrogens (tertiary/aromatic N) is 1. The van der Waals surface area contributed by atoms with Crippen molar-refractivity contribution in [1.29, 1.82) is 0 Å². The molecule has 0 saturated carbocycles. The van der Waals surface area contributed by atoms with E-state index in [0.717, 1.165) is 12.2 Å². The molecule has 0 saturated heterocycles. The minimum absolute atomic E-state index is 0.0370. The van der Waals surface area contributed by atoms with Gasteiger partial charge in [-0.1, -0.05) is 32.9 Å². The Morgan fingerprint density at radius 2 is 2.00 bits per heavy atom. The zero-order valence-electron chi connectivity index (χ0n) is 9.95. The Bertz CT molecular complexity index is 346. The maximum Gasteiger partial charge on any atom is 0.142 e. The molecule has 3 heteroatoms. The third-order valence-corrected chi connectivity index (χ3v) is 4.04. The molecule has 1 aromatic rings. The summed E-state index contributed by atoms with van der Waals surface area (Å²) in [5, 5.41) is 3.91. The maximum atomic E-state index is 6.32. The van der Waals surface area contributed by atoms with E-state index >= 15 is 0 Å². The largest absolute Gasteiger partial charge is 0.361 e. The Balaban J connectivity index is 2.57. The first-order valence-electron chi connectivity index (χ1n) is 5.70. The van der Waals surface area contributed by atoms with Crippen LogP contribution in [0, 0.1) is 11.8 Å². The monoisotopic (exact) mass is 208 g/mol. The van der Waals surface area contributed by atoms with Crippen LogP contribution in [0.25, 0.3) is 0 Å². The molecule has 1 aliphatic rings. The molecule has 1 aromatic heterocycles. The van der Waals surface area contributed by atoms with Gasteiger partial charge in [-0.3, -0.25) is 0 Å². The molecule has 15 heavy (non-hydrogen) atoms. The predicted octanol–water partition coefficient (Wildman–Crippen LogP) is 2.11. The molecule has 0 radical (unpaired) electrons. The van der Waals surface area contributed by atoms with Gasteiger partial charge in [-0.05, 0) is 11.8 Å². The highest BCUT2D eigenvalue weighted by Gasteiger charge is 2.51. The van der Waals surface area contributed by atoms with E-state index in [1.165, 1.54) is 5.56 Å². The van der Waals surface area contributed by atoms with Gasteiger partial charge in [0.1, 0.15) is 5.76 Å². The molecule has 0 spiro atoms. The van der Waals surface area contributed by atoms with Crippen molar-refractivity contribution in [3.63, 3.8) is 0 Å². The highest BCUT2D eigenvalue weighted by Crippen LogP contribution is 2.48. The van der Waals surface area contributed by atoms with Crippen molar-refractivity contribution < 1.29 is 4.52 Å². The highest BCUT2D eigenvalue weighted by atomic mass is 16.5. The minimum Gasteiger partial charge on any atom is -0.361 e. The van der Waals surface area contributed by atoms with E-state index < -0.39 is 0 Å². The van der Waals surface area contributed by atoms with Gasteiger partial charge in [0, 0.05) is 23.4 Å². The van der Waals surface area contributed by atoms with Crippen LogP contribution in [-0.4, -0.2) is 11.2 Å². The average molecular weight is 208 g/mol. The van der Waals surface area contributed by atoms with E-state index in [4.69, 9.17) is 10.3 Å². The summed E-state index contributed by atoms with van der Waals surface area (Å²) in [6.45, 7) is 8.95. The van der Waals surface area contributed by atoms with Crippen molar-refractivity contribution in [1.82, 2.24) is 5.16 Å².